The molecular formula is C13H19F2N. The van der Waals surface area contributed by atoms with Gasteiger partial charge in [-0.3, -0.25) is 0 Å². The number of rotatable bonds is 4. The van der Waals surface area contributed by atoms with Crippen LogP contribution in [0.2, 0.25) is 0 Å². The van der Waals surface area contributed by atoms with Gasteiger partial charge in [0.2, 0.25) is 0 Å². The van der Waals surface area contributed by atoms with Gasteiger partial charge in [-0.1, -0.05) is 25.1 Å². The van der Waals surface area contributed by atoms with Crippen LogP contribution in [0.25, 0.3) is 0 Å². The van der Waals surface area contributed by atoms with Gasteiger partial charge in [-0.25, -0.2) is 8.78 Å². The molecule has 0 heterocycles. The van der Waals surface area contributed by atoms with Crippen LogP contribution < -0.4 is 5.73 Å². The molecule has 0 saturated heterocycles. The van der Waals surface area contributed by atoms with Crippen LogP contribution in [0.4, 0.5) is 8.78 Å². The van der Waals surface area contributed by atoms with Crippen molar-refractivity contribution in [1.82, 2.24) is 0 Å². The van der Waals surface area contributed by atoms with E-state index in [0.717, 1.165) is 5.56 Å². The molecule has 0 radical (unpaired) electrons. The number of hydrogen-bond donors (Lipinski definition) is 1. The molecule has 1 aromatic rings. The molecule has 1 nitrogen and oxygen atoms in total. The molecule has 0 aromatic heterocycles. The molecule has 0 saturated carbocycles. The predicted octanol–water partition coefficient (Wildman–Crippen LogP) is 3.47. The highest BCUT2D eigenvalue weighted by Crippen LogP contribution is 2.31. The second kappa shape index (κ2) is 4.50. The Morgan fingerprint density at radius 2 is 1.88 bits per heavy atom. The minimum atomic E-state index is -2.74. The average Bonchev–Trinajstić information content (AvgIpc) is 2.15. The van der Waals surface area contributed by atoms with Crippen LogP contribution in [0, 0.1) is 0 Å². The van der Waals surface area contributed by atoms with Gasteiger partial charge in [0, 0.05) is 17.5 Å². The Kier molecular flexibility index (Phi) is 3.68. The summed E-state index contributed by atoms with van der Waals surface area (Å²) in [6, 6.07) is 6.53. The summed E-state index contributed by atoms with van der Waals surface area (Å²) in [5.41, 5.74) is 6.44. The van der Waals surface area contributed by atoms with E-state index in [4.69, 9.17) is 5.73 Å². The summed E-state index contributed by atoms with van der Waals surface area (Å²) in [5, 5.41) is 0. The molecule has 2 N–H and O–H groups in total. The third-order valence-electron chi connectivity index (χ3n) is 2.45. The van der Waals surface area contributed by atoms with E-state index in [2.05, 4.69) is 0 Å². The summed E-state index contributed by atoms with van der Waals surface area (Å²) in [6.07, 6.45) is 0.420. The third kappa shape index (κ3) is 3.56. The highest BCUT2D eigenvalue weighted by molar-refractivity contribution is 5.27. The SMILES string of the molecule is CCC(F)(F)c1cccc(CC(C)(C)N)c1. The van der Waals surface area contributed by atoms with Crippen molar-refractivity contribution in [2.75, 3.05) is 0 Å². The highest BCUT2D eigenvalue weighted by atomic mass is 19.3. The number of benzene rings is 1. The van der Waals surface area contributed by atoms with Crippen molar-refractivity contribution in [3.05, 3.63) is 35.4 Å². The van der Waals surface area contributed by atoms with Crippen molar-refractivity contribution in [1.29, 1.82) is 0 Å². The number of halogens is 2. The Bertz CT molecular complexity index is 353. The van der Waals surface area contributed by atoms with Crippen molar-refractivity contribution in [2.24, 2.45) is 5.73 Å². The zero-order valence-corrected chi connectivity index (χ0v) is 10.1. The topological polar surface area (TPSA) is 26.0 Å². The molecular weight excluding hydrogens is 208 g/mol. The lowest BCUT2D eigenvalue weighted by Crippen LogP contribution is -2.34. The van der Waals surface area contributed by atoms with Gasteiger partial charge < -0.3 is 5.73 Å². The lowest BCUT2D eigenvalue weighted by Gasteiger charge is -2.20. The maximum Gasteiger partial charge on any atom is 0.273 e. The van der Waals surface area contributed by atoms with Crippen molar-refractivity contribution >= 4 is 0 Å². The van der Waals surface area contributed by atoms with Crippen LogP contribution in [-0.2, 0) is 12.3 Å². The molecule has 90 valence electrons. The van der Waals surface area contributed by atoms with Crippen LogP contribution in [0.5, 0.6) is 0 Å². The summed E-state index contributed by atoms with van der Waals surface area (Å²) in [6.45, 7) is 5.26. The molecule has 1 aromatic carbocycles. The molecule has 16 heavy (non-hydrogen) atoms. The van der Waals surface area contributed by atoms with Gasteiger partial charge in [0.1, 0.15) is 0 Å². The van der Waals surface area contributed by atoms with Crippen molar-refractivity contribution in [2.45, 2.75) is 45.1 Å². The van der Waals surface area contributed by atoms with Gasteiger partial charge >= 0.3 is 0 Å². The van der Waals surface area contributed by atoms with E-state index in [1.807, 2.05) is 19.9 Å². The Balaban J connectivity index is 2.96. The monoisotopic (exact) mass is 227 g/mol. The molecule has 0 bridgehead atoms. The fourth-order valence-electron chi connectivity index (χ4n) is 1.64. The Labute approximate surface area is 95.7 Å². The van der Waals surface area contributed by atoms with Gasteiger partial charge in [-0.2, -0.15) is 0 Å². The maximum absolute atomic E-state index is 13.5. The van der Waals surface area contributed by atoms with E-state index >= 15 is 0 Å². The Morgan fingerprint density at radius 3 is 2.38 bits per heavy atom. The van der Waals surface area contributed by atoms with Gasteiger partial charge in [0.25, 0.3) is 5.92 Å². The quantitative estimate of drug-likeness (QED) is 0.837. The lowest BCUT2D eigenvalue weighted by molar-refractivity contribution is -0.00837. The molecule has 0 atom stereocenters. The lowest BCUT2D eigenvalue weighted by atomic mass is 9.94. The first kappa shape index (κ1) is 13.1. The molecule has 0 fully saturated rings. The van der Waals surface area contributed by atoms with Crippen LogP contribution in [-0.4, -0.2) is 5.54 Å². The maximum atomic E-state index is 13.5. The van der Waals surface area contributed by atoms with Gasteiger partial charge in [-0.15, -0.1) is 0 Å². The van der Waals surface area contributed by atoms with E-state index in [1.54, 1.807) is 12.1 Å². The Hall–Kier alpha value is -0.960. The molecule has 0 spiro atoms. The van der Waals surface area contributed by atoms with Crippen LogP contribution >= 0.6 is 0 Å². The fourth-order valence-corrected chi connectivity index (χ4v) is 1.64. The van der Waals surface area contributed by atoms with Gasteiger partial charge in [-0.05, 0) is 31.9 Å². The summed E-state index contributed by atoms with van der Waals surface area (Å²) in [7, 11) is 0. The van der Waals surface area contributed by atoms with Crippen molar-refractivity contribution < 1.29 is 8.78 Å². The summed E-state index contributed by atoms with van der Waals surface area (Å²) in [5.74, 6) is -2.74. The van der Waals surface area contributed by atoms with E-state index in [-0.39, 0.29) is 17.5 Å². The van der Waals surface area contributed by atoms with E-state index in [9.17, 15) is 8.78 Å². The average molecular weight is 227 g/mol. The zero-order valence-electron chi connectivity index (χ0n) is 10.1. The summed E-state index contributed by atoms with van der Waals surface area (Å²) < 4.78 is 26.9. The highest BCUT2D eigenvalue weighted by Gasteiger charge is 2.29. The second-order valence-corrected chi connectivity index (χ2v) is 4.92. The first-order valence-corrected chi connectivity index (χ1v) is 5.51. The number of nitrogens with two attached hydrogens (primary N) is 1. The molecule has 0 amide bonds. The molecule has 0 aliphatic rings. The molecule has 3 heteroatoms. The fraction of sp³-hybridized carbons (Fsp3) is 0.538. The summed E-state index contributed by atoms with van der Waals surface area (Å²) >= 11 is 0. The molecule has 0 aliphatic carbocycles. The standard InChI is InChI=1S/C13H19F2N/c1-4-13(14,15)11-7-5-6-10(8-11)9-12(2,3)16/h5-8H,4,9,16H2,1-3H3. The molecule has 0 aliphatic heterocycles. The first-order valence-electron chi connectivity index (χ1n) is 5.51. The normalized spacial score (nSPS) is 12.9. The van der Waals surface area contributed by atoms with Crippen LogP contribution in [0.15, 0.2) is 24.3 Å². The van der Waals surface area contributed by atoms with E-state index < -0.39 is 5.92 Å². The third-order valence-corrected chi connectivity index (χ3v) is 2.45. The molecule has 1 rings (SSSR count). The minimum absolute atomic E-state index is 0.0803. The first-order chi connectivity index (χ1) is 7.24. The number of hydrogen-bond acceptors (Lipinski definition) is 1. The van der Waals surface area contributed by atoms with Gasteiger partial charge in [0.15, 0.2) is 0 Å². The smallest absolute Gasteiger partial charge is 0.273 e. The largest absolute Gasteiger partial charge is 0.325 e. The Morgan fingerprint density at radius 1 is 1.25 bits per heavy atom. The summed E-state index contributed by atoms with van der Waals surface area (Å²) in [4.78, 5) is 0. The van der Waals surface area contributed by atoms with Crippen LogP contribution in [0.1, 0.15) is 38.3 Å². The van der Waals surface area contributed by atoms with Crippen molar-refractivity contribution in [3.8, 4) is 0 Å². The van der Waals surface area contributed by atoms with E-state index in [1.165, 1.54) is 13.0 Å². The van der Waals surface area contributed by atoms with E-state index in [0.29, 0.717) is 6.42 Å². The second-order valence-electron chi connectivity index (χ2n) is 4.92. The predicted molar refractivity (Wildman–Crippen MR) is 62.6 cm³/mol. The molecule has 0 unspecified atom stereocenters. The van der Waals surface area contributed by atoms with Gasteiger partial charge in [0.05, 0.1) is 0 Å². The van der Waals surface area contributed by atoms with Crippen LogP contribution in [0.3, 0.4) is 0 Å². The minimum Gasteiger partial charge on any atom is -0.325 e. The zero-order chi connectivity index (χ0) is 12.4. The van der Waals surface area contributed by atoms with Crippen molar-refractivity contribution in [3.63, 3.8) is 0 Å². The number of alkyl halides is 2.